The zero-order valence-corrected chi connectivity index (χ0v) is 10.8. The summed E-state index contributed by atoms with van der Waals surface area (Å²) < 4.78 is 5.39. The Morgan fingerprint density at radius 3 is 2.94 bits per heavy atom. The predicted molar refractivity (Wildman–Crippen MR) is 67.2 cm³/mol. The number of nitro benzene ring substituents is 1. The minimum Gasteiger partial charge on any atom is -0.389 e. The number of anilines is 1. The Hall–Kier alpha value is -1.18. The van der Waals surface area contributed by atoms with Crippen molar-refractivity contribution in [1.29, 1.82) is 0 Å². The molecule has 1 aromatic carbocycles. The van der Waals surface area contributed by atoms with Gasteiger partial charge in [0.2, 0.25) is 0 Å². The molecule has 0 spiro atoms. The van der Waals surface area contributed by atoms with Crippen LogP contribution in [0.15, 0.2) is 22.7 Å². The van der Waals surface area contributed by atoms with Crippen LogP contribution in [0.2, 0.25) is 0 Å². The lowest BCUT2D eigenvalue weighted by Crippen LogP contribution is -2.24. The Morgan fingerprint density at radius 2 is 2.35 bits per heavy atom. The van der Waals surface area contributed by atoms with Crippen LogP contribution in [-0.4, -0.2) is 36.4 Å². The number of aliphatic hydroxyl groups excluding tert-OH is 1. The van der Waals surface area contributed by atoms with Gasteiger partial charge in [-0.1, -0.05) is 15.9 Å². The molecule has 0 saturated heterocycles. The van der Waals surface area contributed by atoms with E-state index in [0.29, 0.717) is 10.2 Å². The molecule has 0 amide bonds. The van der Waals surface area contributed by atoms with Crippen molar-refractivity contribution in [1.82, 2.24) is 0 Å². The van der Waals surface area contributed by atoms with Crippen LogP contribution in [0.25, 0.3) is 0 Å². The first-order valence-corrected chi connectivity index (χ1v) is 5.68. The summed E-state index contributed by atoms with van der Waals surface area (Å²) in [7, 11) is 1.48. The Morgan fingerprint density at radius 1 is 1.65 bits per heavy atom. The summed E-state index contributed by atoms with van der Waals surface area (Å²) in [4.78, 5) is 10.3. The third-order valence-corrected chi connectivity index (χ3v) is 2.54. The fraction of sp³-hybridized carbons (Fsp3) is 0.400. The van der Waals surface area contributed by atoms with Crippen molar-refractivity contribution < 1.29 is 14.8 Å². The third kappa shape index (κ3) is 4.29. The smallest absolute Gasteiger partial charge is 0.293 e. The molecule has 0 fully saturated rings. The lowest BCUT2D eigenvalue weighted by molar-refractivity contribution is -0.384. The topological polar surface area (TPSA) is 84.6 Å². The molecule has 0 heterocycles. The van der Waals surface area contributed by atoms with E-state index in [1.54, 1.807) is 12.1 Å². The summed E-state index contributed by atoms with van der Waals surface area (Å²) >= 11 is 3.17. The summed E-state index contributed by atoms with van der Waals surface area (Å²) in [5.41, 5.74) is 0.331. The monoisotopic (exact) mass is 304 g/mol. The number of ether oxygens (including phenoxy) is 1. The maximum atomic E-state index is 10.8. The molecule has 17 heavy (non-hydrogen) atoms. The van der Waals surface area contributed by atoms with E-state index in [1.165, 1.54) is 13.2 Å². The average Bonchev–Trinajstić information content (AvgIpc) is 2.27. The fourth-order valence-corrected chi connectivity index (χ4v) is 1.63. The van der Waals surface area contributed by atoms with Crippen LogP contribution < -0.4 is 5.32 Å². The molecule has 1 atom stereocenters. The van der Waals surface area contributed by atoms with Gasteiger partial charge in [-0.3, -0.25) is 10.1 Å². The van der Waals surface area contributed by atoms with Crippen molar-refractivity contribution in [3.05, 3.63) is 32.8 Å². The van der Waals surface area contributed by atoms with Gasteiger partial charge in [0.1, 0.15) is 5.69 Å². The lowest BCUT2D eigenvalue weighted by atomic mass is 10.2. The van der Waals surface area contributed by atoms with E-state index >= 15 is 0 Å². The maximum absolute atomic E-state index is 10.8. The predicted octanol–water partition coefficient (Wildman–Crippen LogP) is 1.78. The number of nitrogens with zero attached hydrogens (tertiary/aromatic N) is 1. The molecule has 0 bridgehead atoms. The maximum Gasteiger partial charge on any atom is 0.293 e. The van der Waals surface area contributed by atoms with Crippen molar-refractivity contribution in [2.45, 2.75) is 6.10 Å². The van der Waals surface area contributed by atoms with Crippen LogP contribution in [0.5, 0.6) is 0 Å². The number of halogens is 1. The number of nitro groups is 1. The normalized spacial score (nSPS) is 12.2. The van der Waals surface area contributed by atoms with Gasteiger partial charge in [-0.2, -0.15) is 0 Å². The van der Waals surface area contributed by atoms with Gasteiger partial charge in [0, 0.05) is 24.2 Å². The van der Waals surface area contributed by atoms with E-state index in [2.05, 4.69) is 21.2 Å². The zero-order chi connectivity index (χ0) is 12.8. The van der Waals surface area contributed by atoms with Gasteiger partial charge in [0.15, 0.2) is 0 Å². The number of hydrogen-bond donors (Lipinski definition) is 2. The van der Waals surface area contributed by atoms with Crippen molar-refractivity contribution >= 4 is 27.3 Å². The van der Waals surface area contributed by atoms with Crippen molar-refractivity contribution in [3.8, 4) is 0 Å². The Bertz CT molecular complexity index is 400. The highest BCUT2D eigenvalue weighted by atomic mass is 79.9. The van der Waals surface area contributed by atoms with E-state index in [4.69, 9.17) is 4.74 Å². The minimum atomic E-state index is -0.705. The zero-order valence-electron chi connectivity index (χ0n) is 9.22. The van der Waals surface area contributed by atoms with Crippen molar-refractivity contribution in [3.63, 3.8) is 0 Å². The molecule has 6 nitrogen and oxygen atoms in total. The second-order valence-corrected chi connectivity index (χ2v) is 4.32. The van der Waals surface area contributed by atoms with E-state index in [1.807, 2.05) is 0 Å². The van der Waals surface area contributed by atoms with Gasteiger partial charge in [0.25, 0.3) is 5.69 Å². The summed E-state index contributed by atoms with van der Waals surface area (Å²) in [5, 5.41) is 23.0. The molecular weight excluding hydrogens is 292 g/mol. The standard InChI is InChI=1S/C10H13BrN2O4/c1-17-6-8(14)5-12-9-3-2-7(11)4-10(9)13(15)16/h2-4,8,12,14H,5-6H2,1H3. The quantitative estimate of drug-likeness (QED) is 0.618. The molecular formula is C10H13BrN2O4. The minimum absolute atomic E-state index is 0.0380. The molecule has 0 aliphatic heterocycles. The molecule has 7 heteroatoms. The fourth-order valence-electron chi connectivity index (χ4n) is 1.28. The number of hydrogen-bond acceptors (Lipinski definition) is 5. The summed E-state index contributed by atoms with van der Waals surface area (Å²) in [6, 6.07) is 4.69. The number of benzene rings is 1. The van der Waals surface area contributed by atoms with Gasteiger partial charge in [-0.05, 0) is 12.1 Å². The largest absolute Gasteiger partial charge is 0.389 e. The van der Waals surface area contributed by atoms with Crippen LogP contribution >= 0.6 is 15.9 Å². The second kappa shape index (κ2) is 6.53. The van der Waals surface area contributed by atoms with E-state index < -0.39 is 11.0 Å². The Labute approximate surface area is 107 Å². The number of aliphatic hydroxyl groups is 1. The van der Waals surface area contributed by atoms with Crippen LogP contribution in [0.4, 0.5) is 11.4 Å². The highest BCUT2D eigenvalue weighted by Crippen LogP contribution is 2.27. The van der Waals surface area contributed by atoms with Gasteiger partial charge in [-0.25, -0.2) is 0 Å². The van der Waals surface area contributed by atoms with Crippen LogP contribution in [-0.2, 0) is 4.74 Å². The van der Waals surface area contributed by atoms with Gasteiger partial charge >= 0.3 is 0 Å². The average molecular weight is 305 g/mol. The van der Waals surface area contributed by atoms with Crippen LogP contribution in [0.3, 0.4) is 0 Å². The molecule has 0 aromatic heterocycles. The second-order valence-electron chi connectivity index (χ2n) is 3.41. The van der Waals surface area contributed by atoms with E-state index in [0.717, 1.165) is 0 Å². The molecule has 0 aliphatic rings. The molecule has 1 rings (SSSR count). The number of rotatable bonds is 6. The molecule has 1 unspecified atom stereocenters. The number of nitrogens with one attached hydrogen (secondary N) is 1. The van der Waals surface area contributed by atoms with Gasteiger partial charge < -0.3 is 15.2 Å². The summed E-state index contributed by atoms with van der Waals surface area (Å²) in [6.07, 6.45) is -0.705. The summed E-state index contributed by atoms with van der Waals surface area (Å²) in [6.45, 7) is 0.369. The highest BCUT2D eigenvalue weighted by molar-refractivity contribution is 9.10. The molecule has 0 aliphatic carbocycles. The molecule has 94 valence electrons. The molecule has 0 radical (unpaired) electrons. The number of methoxy groups -OCH3 is 1. The highest BCUT2D eigenvalue weighted by Gasteiger charge is 2.14. The van der Waals surface area contributed by atoms with Gasteiger partial charge in [0.05, 0.1) is 17.6 Å². The Balaban J connectivity index is 2.73. The van der Waals surface area contributed by atoms with Crippen LogP contribution in [0.1, 0.15) is 0 Å². The molecule has 1 aromatic rings. The van der Waals surface area contributed by atoms with Crippen LogP contribution in [0, 0.1) is 10.1 Å². The van der Waals surface area contributed by atoms with Crippen molar-refractivity contribution in [2.75, 3.05) is 25.6 Å². The van der Waals surface area contributed by atoms with E-state index in [-0.39, 0.29) is 18.8 Å². The van der Waals surface area contributed by atoms with Gasteiger partial charge in [-0.15, -0.1) is 0 Å². The molecule has 0 saturated carbocycles. The SMILES string of the molecule is COCC(O)CNc1ccc(Br)cc1[N+](=O)[O-]. The summed E-state index contributed by atoms with van der Waals surface area (Å²) in [5.74, 6) is 0. The first kappa shape index (κ1) is 13.9. The van der Waals surface area contributed by atoms with Crippen molar-refractivity contribution in [2.24, 2.45) is 0 Å². The third-order valence-electron chi connectivity index (χ3n) is 2.04. The Kier molecular flexibility index (Phi) is 5.33. The first-order valence-electron chi connectivity index (χ1n) is 4.89. The van der Waals surface area contributed by atoms with E-state index in [9.17, 15) is 15.2 Å². The first-order chi connectivity index (χ1) is 8.04. The lowest BCUT2D eigenvalue weighted by Gasteiger charge is -2.12. The molecule has 2 N–H and O–H groups in total.